The van der Waals surface area contributed by atoms with E-state index in [1.165, 1.54) is 0 Å². The summed E-state index contributed by atoms with van der Waals surface area (Å²) < 4.78 is 2.09. The third-order valence-corrected chi connectivity index (χ3v) is 3.30. The molecule has 4 nitrogen and oxygen atoms in total. The van der Waals surface area contributed by atoms with Gasteiger partial charge in [0.25, 0.3) is 0 Å². The van der Waals surface area contributed by atoms with Gasteiger partial charge in [-0.3, -0.25) is 4.57 Å². The molecule has 0 spiro atoms. The normalized spacial score (nSPS) is 11.1. The van der Waals surface area contributed by atoms with E-state index in [-0.39, 0.29) is 0 Å². The molecule has 96 valence electrons. The molecule has 0 aliphatic rings. The van der Waals surface area contributed by atoms with Crippen molar-refractivity contribution in [1.82, 2.24) is 14.8 Å². The van der Waals surface area contributed by atoms with Gasteiger partial charge in [0, 0.05) is 11.6 Å². The average Bonchev–Trinajstić information content (AvgIpc) is 2.85. The predicted octanol–water partition coefficient (Wildman–Crippen LogP) is 2.63. The minimum absolute atomic E-state index is 0.405. The van der Waals surface area contributed by atoms with Crippen LogP contribution in [0.1, 0.15) is 44.3 Å². The van der Waals surface area contributed by atoms with Gasteiger partial charge in [-0.15, -0.1) is 10.2 Å². The van der Waals surface area contributed by atoms with E-state index in [1.54, 1.807) is 0 Å². The van der Waals surface area contributed by atoms with Crippen molar-refractivity contribution in [2.75, 3.05) is 0 Å². The molecule has 0 fully saturated rings. The van der Waals surface area contributed by atoms with Gasteiger partial charge in [-0.25, -0.2) is 0 Å². The van der Waals surface area contributed by atoms with E-state index in [0.717, 1.165) is 30.2 Å². The number of nitrogens with two attached hydrogens (primary N) is 1. The second-order valence-corrected chi connectivity index (χ2v) is 4.36. The van der Waals surface area contributed by atoms with Gasteiger partial charge in [0.2, 0.25) is 0 Å². The summed E-state index contributed by atoms with van der Waals surface area (Å²) in [6.45, 7) is 4.77. The van der Waals surface area contributed by atoms with Gasteiger partial charge in [0.15, 0.2) is 5.82 Å². The Morgan fingerprint density at radius 3 is 2.33 bits per heavy atom. The molecular formula is C14H20N4. The Bertz CT molecular complexity index is 486. The maximum Gasteiger partial charge on any atom is 0.151 e. The summed E-state index contributed by atoms with van der Waals surface area (Å²) in [5.41, 5.74) is 6.85. The van der Waals surface area contributed by atoms with E-state index >= 15 is 0 Å². The maximum absolute atomic E-state index is 5.76. The summed E-state index contributed by atoms with van der Waals surface area (Å²) >= 11 is 0. The lowest BCUT2D eigenvalue weighted by Gasteiger charge is -2.15. The van der Waals surface area contributed by atoms with Gasteiger partial charge in [-0.1, -0.05) is 32.0 Å². The van der Waals surface area contributed by atoms with Crippen LogP contribution in [0.3, 0.4) is 0 Å². The molecule has 18 heavy (non-hydrogen) atoms. The zero-order valence-corrected chi connectivity index (χ0v) is 11.0. The van der Waals surface area contributed by atoms with Crippen LogP contribution < -0.4 is 5.73 Å². The molecule has 0 aliphatic heterocycles. The topological polar surface area (TPSA) is 56.7 Å². The molecule has 2 N–H and O–H groups in total. The fraction of sp³-hybridized carbons (Fsp3) is 0.429. The van der Waals surface area contributed by atoms with E-state index in [9.17, 15) is 0 Å². The molecule has 0 aliphatic carbocycles. The Balaban J connectivity index is 2.53. The highest BCUT2D eigenvalue weighted by molar-refractivity contribution is 5.34. The molecule has 1 aromatic heterocycles. The molecule has 1 aromatic carbocycles. The highest BCUT2D eigenvalue weighted by Crippen LogP contribution is 2.24. The van der Waals surface area contributed by atoms with Crippen molar-refractivity contribution in [3.8, 4) is 5.69 Å². The van der Waals surface area contributed by atoms with Crippen LogP contribution in [0.4, 0.5) is 0 Å². The molecule has 0 saturated carbocycles. The standard InChI is InChI=1S/C14H20N4/c1-3-11(4-2)14-17-16-13(10-15)18(14)12-8-6-5-7-9-12/h5-9,11H,3-4,10,15H2,1-2H3. The average molecular weight is 244 g/mol. The predicted molar refractivity (Wildman–Crippen MR) is 72.6 cm³/mol. The largest absolute Gasteiger partial charge is 0.324 e. The van der Waals surface area contributed by atoms with Crippen molar-refractivity contribution in [3.63, 3.8) is 0 Å². The van der Waals surface area contributed by atoms with Gasteiger partial charge in [0.05, 0.1) is 6.54 Å². The van der Waals surface area contributed by atoms with Crippen LogP contribution in [-0.2, 0) is 6.54 Å². The van der Waals surface area contributed by atoms with Crippen LogP contribution in [0.15, 0.2) is 30.3 Å². The lowest BCUT2D eigenvalue weighted by atomic mass is 10.0. The second-order valence-electron chi connectivity index (χ2n) is 4.36. The number of hydrogen-bond acceptors (Lipinski definition) is 3. The Morgan fingerprint density at radius 1 is 1.11 bits per heavy atom. The number of aromatic nitrogens is 3. The fourth-order valence-corrected chi connectivity index (χ4v) is 2.24. The van der Waals surface area contributed by atoms with E-state index < -0.39 is 0 Å². The molecule has 0 unspecified atom stereocenters. The summed E-state index contributed by atoms with van der Waals surface area (Å²) in [6, 6.07) is 10.2. The molecule has 0 amide bonds. The van der Waals surface area contributed by atoms with Crippen molar-refractivity contribution in [1.29, 1.82) is 0 Å². The van der Waals surface area contributed by atoms with Gasteiger partial charge < -0.3 is 5.73 Å². The van der Waals surface area contributed by atoms with Crippen LogP contribution in [0.5, 0.6) is 0 Å². The van der Waals surface area contributed by atoms with Crippen LogP contribution in [0.25, 0.3) is 5.69 Å². The Hall–Kier alpha value is -1.68. The molecule has 0 saturated heterocycles. The highest BCUT2D eigenvalue weighted by atomic mass is 15.3. The van der Waals surface area contributed by atoms with Gasteiger partial charge >= 0.3 is 0 Å². The van der Waals surface area contributed by atoms with E-state index in [2.05, 4.69) is 40.7 Å². The SMILES string of the molecule is CCC(CC)c1nnc(CN)n1-c1ccccc1. The lowest BCUT2D eigenvalue weighted by molar-refractivity contribution is 0.587. The van der Waals surface area contributed by atoms with Crippen LogP contribution in [0, 0.1) is 0 Å². The Morgan fingerprint density at radius 2 is 1.78 bits per heavy atom. The quantitative estimate of drug-likeness (QED) is 0.879. The molecule has 0 radical (unpaired) electrons. The molecule has 2 rings (SSSR count). The first kappa shape index (κ1) is 12.8. The van der Waals surface area contributed by atoms with Gasteiger partial charge in [0.1, 0.15) is 5.82 Å². The second kappa shape index (κ2) is 5.78. The van der Waals surface area contributed by atoms with Gasteiger partial charge in [-0.05, 0) is 25.0 Å². The van der Waals surface area contributed by atoms with Crippen LogP contribution in [0.2, 0.25) is 0 Å². The van der Waals surface area contributed by atoms with Crippen LogP contribution in [-0.4, -0.2) is 14.8 Å². The number of rotatable bonds is 5. The zero-order chi connectivity index (χ0) is 13.0. The summed E-state index contributed by atoms with van der Waals surface area (Å²) in [6.07, 6.45) is 2.12. The number of para-hydroxylation sites is 1. The van der Waals surface area contributed by atoms with Crippen LogP contribution >= 0.6 is 0 Å². The number of hydrogen-bond donors (Lipinski definition) is 1. The fourth-order valence-electron chi connectivity index (χ4n) is 2.24. The number of nitrogens with zero attached hydrogens (tertiary/aromatic N) is 3. The van der Waals surface area contributed by atoms with E-state index in [4.69, 9.17) is 5.73 Å². The molecular weight excluding hydrogens is 224 g/mol. The third kappa shape index (κ3) is 2.29. The summed E-state index contributed by atoms with van der Waals surface area (Å²) in [4.78, 5) is 0. The molecule has 2 aromatic rings. The lowest BCUT2D eigenvalue weighted by Crippen LogP contribution is -2.11. The smallest absolute Gasteiger partial charge is 0.151 e. The minimum atomic E-state index is 0.405. The maximum atomic E-state index is 5.76. The molecule has 1 heterocycles. The van der Waals surface area contributed by atoms with E-state index in [1.807, 2.05) is 18.2 Å². The first-order valence-corrected chi connectivity index (χ1v) is 6.51. The van der Waals surface area contributed by atoms with E-state index in [0.29, 0.717) is 12.5 Å². The van der Waals surface area contributed by atoms with Crippen molar-refractivity contribution < 1.29 is 0 Å². The van der Waals surface area contributed by atoms with Crippen molar-refractivity contribution in [2.45, 2.75) is 39.2 Å². The minimum Gasteiger partial charge on any atom is -0.324 e. The highest BCUT2D eigenvalue weighted by Gasteiger charge is 2.18. The first-order valence-electron chi connectivity index (χ1n) is 6.51. The monoisotopic (exact) mass is 244 g/mol. The first-order chi connectivity index (χ1) is 8.81. The number of benzene rings is 1. The summed E-state index contributed by atoms with van der Waals surface area (Å²) in [7, 11) is 0. The van der Waals surface area contributed by atoms with Crippen molar-refractivity contribution in [3.05, 3.63) is 42.0 Å². The zero-order valence-electron chi connectivity index (χ0n) is 11.0. The van der Waals surface area contributed by atoms with Crippen molar-refractivity contribution >= 4 is 0 Å². The Kier molecular flexibility index (Phi) is 4.10. The van der Waals surface area contributed by atoms with Gasteiger partial charge in [-0.2, -0.15) is 0 Å². The summed E-state index contributed by atoms with van der Waals surface area (Å²) in [5.74, 6) is 2.27. The third-order valence-electron chi connectivity index (χ3n) is 3.30. The van der Waals surface area contributed by atoms with Crippen molar-refractivity contribution in [2.24, 2.45) is 5.73 Å². The molecule has 0 bridgehead atoms. The Labute approximate surface area is 108 Å². The molecule has 0 atom stereocenters. The summed E-state index contributed by atoms with van der Waals surface area (Å²) in [5, 5.41) is 8.55. The molecule has 4 heteroatoms.